The van der Waals surface area contributed by atoms with Crippen LogP contribution in [0.1, 0.15) is 24.8 Å². The van der Waals surface area contributed by atoms with Crippen molar-refractivity contribution in [3.8, 4) is 0 Å². The van der Waals surface area contributed by atoms with Crippen LogP contribution in [0.25, 0.3) is 0 Å². The van der Waals surface area contributed by atoms with E-state index in [-0.39, 0.29) is 24.3 Å². The summed E-state index contributed by atoms with van der Waals surface area (Å²) in [4.78, 5) is 27.5. The van der Waals surface area contributed by atoms with Crippen molar-refractivity contribution in [2.75, 3.05) is 18.0 Å². The maximum absolute atomic E-state index is 12.4. The van der Waals surface area contributed by atoms with Crippen molar-refractivity contribution in [1.29, 1.82) is 0 Å². The molecule has 1 saturated heterocycles. The van der Waals surface area contributed by atoms with E-state index >= 15 is 0 Å². The summed E-state index contributed by atoms with van der Waals surface area (Å²) in [5.74, 6) is -0.105. The quantitative estimate of drug-likeness (QED) is 0.733. The van der Waals surface area contributed by atoms with Crippen molar-refractivity contribution in [2.24, 2.45) is 0 Å². The molecule has 1 aromatic rings. The van der Waals surface area contributed by atoms with Crippen molar-refractivity contribution >= 4 is 30.0 Å². The van der Waals surface area contributed by atoms with E-state index in [1.54, 1.807) is 4.90 Å². The van der Waals surface area contributed by atoms with Crippen LogP contribution in [0.15, 0.2) is 24.3 Å². The summed E-state index contributed by atoms with van der Waals surface area (Å²) >= 11 is 0. The maximum atomic E-state index is 12.4. The zero-order valence-electron chi connectivity index (χ0n) is 10.7. The normalized spacial score (nSPS) is 18.0. The highest BCUT2D eigenvalue weighted by molar-refractivity contribution is 6.18. The van der Waals surface area contributed by atoms with Gasteiger partial charge < -0.3 is 4.90 Å². The Labute approximate surface area is 118 Å². The van der Waals surface area contributed by atoms with Crippen LogP contribution in [0.4, 0.5) is 10.5 Å². The minimum atomic E-state index is -0.148. The van der Waals surface area contributed by atoms with Crippen LogP contribution in [0.2, 0.25) is 0 Å². The fourth-order valence-corrected chi connectivity index (χ4v) is 2.69. The summed E-state index contributed by atoms with van der Waals surface area (Å²) in [6.45, 7) is 1.54. The number of amides is 3. The number of para-hydroxylation sites is 1. The number of fused-ring (bicyclic) bond motifs is 1. The van der Waals surface area contributed by atoms with Gasteiger partial charge in [0.05, 0.1) is 12.1 Å². The predicted molar refractivity (Wildman–Crippen MR) is 75.7 cm³/mol. The van der Waals surface area contributed by atoms with E-state index in [1.165, 1.54) is 11.3 Å². The Morgan fingerprint density at radius 1 is 1.05 bits per heavy atom. The lowest BCUT2D eigenvalue weighted by Crippen LogP contribution is -2.46. The molecular formula is C14H17ClN2O2. The van der Waals surface area contributed by atoms with E-state index in [2.05, 4.69) is 0 Å². The first kappa shape index (κ1) is 13.9. The van der Waals surface area contributed by atoms with Gasteiger partial charge in [0.1, 0.15) is 0 Å². The van der Waals surface area contributed by atoms with E-state index in [9.17, 15) is 9.59 Å². The first-order chi connectivity index (χ1) is 8.77. The Hall–Kier alpha value is -1.55. The number of anilines is 1. The summed E-state index contributed by atoms with van der Waals surface area (Å²) in [5.41, 5.74) is 1.71. The molecule has 3 amide bonds. The SMILES string of the molecule is Cl.O=C1Cc2ccccc2N1C(=O)N1CCCCC1. The molecule has 0 radical (unpaired) electrons. The van der Waals surface area contributed by atoms with Crippen LogP contribution in [-0.4, -0.2) is 29.9 Å². The number of halogens is 1. The van der Waals surface area contributed by atoms with Crippen molar-refractivity contribution in [1.82, 2.24) is 4.90 Å². The van der Waals surface area contributed by atoms with Gasteiger partial charge in [0.2, 0.25) is 5.91 Å². The minimum Gasteiger partial charge on any atom is -0.324 e. The molecule has 0 spiro atoms. The molecule has 2 aliphatic rings. The Kier molecular flexibility index (Phi) is 4.10. The number of likely N-dealkylation sites (tertiary alicyclic amines) is 1. The number of hydrogen-bond donors (Lipinski definition) is 0. The van der Waals surface area contributed by atoms with Crippen LogP contribution in [0.5, 0.6) is 0 Å². The molecule has 0 aromatic heterocycles. The lowest BCUT2D eigenvalue weighted by atomic mass is 10.1. The molecular weight excluding hydrogens is 264 g/mol. The summed E-state index contributed by atoms with van der Waals surface area (Å²) in [6.07, 6.45) is 3.59. The van der Waals surface area contributed by atoms with Gasteiger partial charge in [0, 0.05) is 13.1 Å². The van der Waals surface area contributed by atoms with Gasteiger partial charge in [-0.15, -0.1) is 12.4 Å². The number of hydrogen-bond acceptors (Lipinski definition) is 2. The number of benzene rings is 1. The molecule has 19 heavy (non-hydrogen) atoms. The van der Waals surface area contributed by atoms with Crippen LogP contribution < -0.4 is 4.90 Å². The molecule has 5 heteroatoms. The second-order valence-corrected chi connectivity index (χ2v) is 4.86. The van der Waals surface area contributed by atoms with Crippen LogP contribution >= 0.6 is 12.4 Å². The van der Waals surface area contributed by atoms with Crippen molar-refractivity contribution in [2.45, 2.75) is 25.7 Å². The number of imide groups is 1. The van der Waals surface area contributed by atoms with E-state index in [0.29, 0.717) is 6.42 Å². The Morgan fingerprint density at radius 3 is 2.47 bits per heavy atom. The lowest BCUT2D eigenvalue weighted by Gasteiger charge is -2.30. The highest BCUT2D eigenvalue weighted by Gasteiger charge is 2.34. The largest absolute Gasteiger partial charge is 0.331 e. The van der Waals surface area contributed by atoms with E-state index in [0.717, 1.165) is 37.2 Å². The van der Waals surface area contributed by atoms with Crippen LogP contribution in [-0.2, 0) is 11.2 Å². The molecule has 1 aromatic carbocycles. The summed E-state index contributed by atoms with van der Waals surface area (Å²) in [6, 6.07) is 7.39. The second-order valence-electron chi connectivity index (χ2n) is 4.86. The van der Waals surface area contributed by atoms with Gasteiger partial charge in [0.25, 0.3) is 0 Å². The van der Waals surface area contributed by atoms with Crippen LogP contribution in [0, 0.1) is 0 Å². The Morgan fingerprint density at radius 2 is 1.74 bits per heavy atom. The highest BCUT2D eigenvalue weighted by atomic mass is 35.5. The molecule has 2 heterocycles. The smallest absolute Gasteiger partial charge is 0.324 e. The second kappa shape index (κ2) is 5.61. The number of nitrogens with zero attached hydrogens (tertiary/aromatic N) is 2. The van der Waals surface area contributed by atoms with Crippen molar-refractivity contribution < 1.29 is 9.59 Å². The molecule has 0 bridgehead atoms. The van der Waals surface area contributed by atoms with Gasteiger partial charge in [-0.3, -0.25) is 4.79 Å². The number of carbonyl (C=O) groups is 2. The molecule has 2 aliphatic heterocycles. The standard InChI is InChI=1S/C14H16N2O2.ClH/c17-13-10-11-6-2-3-7-12(11)16(13)14(18)15-8-4-1-5-9-15;/h2-3,6-7H,1,4-5,8-10H2;1H. The molecule has 0 atom stereocenters. The zero-order valence-corrected chi connectivity index (χ0v) is 11.5. The van der Waals surface area contributed by atoms with Gasteiger partial charge in [-0.2, -0.15) is 0 Å². The fraction of sp³-hybridized carbons (Fsp3) is 0.429. The first-order valence-corrected chi connectivity index (χ1v) is 6.47. The van der Waals surface area contributed by atoms with Gasteiger partial charge >= 0.3 is 6.03 Å². The van der Waals surface area contributed by atoms with Gasteiger partial charge in [-0.1, -0.05) is 18.2 Å². The summed E-state index contributed by atoms with van der Waals surface area (Å²) in [5, 5.41) is 0. The van der Waals surface area contributed by atoms with Gasteiger partial charge in [-0.05, 0) is 30.9 Å². The predicted octanol–water partition coefficient (Wildman–Crippen LogP) is 2.60. The molecule has 4 nitrogen and oxygen atoms in total. The van der Waals surface area contributed by atoms with Crippen LogP contribution in [0.3, 0.4) is 0 Å². The molecule has 1 fully saturated rings. The third-order valence-electron chi connectivity index (χ3n) is 3.64. The number of piperidine rings is 1. The van der Waals surface area contributed by atoms with Crippen molar-refractivity contribution in [3.05, 3.63) is 29.8 Å². The molecule has 0 unspecified atom stereocenters. The zero-order chi connectivity index (χ0) is 12.5. The summed E-state index contributed by atoms with van der Waals surface area (Å²) in [7, 11) is 0. The van der Waals surface area contributed by atoms with E-state index in [1.807, 2.05) is 24.3 Å². The van der Waals surface area contributed by atoms with Gasteiger partial charge in [-0.25, -0.2) is 9.69 Å². The topological polar surface area (TPSA) is 40.6 Å². The number of carbonyl (C=O) groups excluding carboxylic acids is 2. The molecule has 0 aliphatic carbocycles. The Bertz CT molecular complexity index is 498. The monoisotopic (exact) mass is 280 g/mol. The Balaban J connectivity index is 0.00000133. The van der Waals surface area contributed by atoms with Crippen molar-refractivity contribution in [3.63, 3.8) is 0 Å². The third-order valence-corrected chi connectivity index (χ3v) is 3.64. The molecule has 0 saturated carbocycles. The van der Waals surface area contributed by atoms with E-state index in [4.69, 9.17) is 0 Å². The molecule has 0 N–H and O–H groups in total. The average molecular weight is 281 g/mol. The average Bonchev–Trinajstić information content (AvgIpc) is 2.75. The molecule has 3 rings (SSSR count). The first-order valence-electron chi connectivity index (χ1n) is 6.47. The third kappa shape index (κ3) is 2.45. The lowest BCUT2D eigenvalue weighted by molar-refractivity contribution is -0.116. The summed E-state index contributed by atoms with van der Waals surface area (Å²) < 4.78 is 0. The fourth-order valence-electron chi connectivity index (χ4n) is 2.69. The minimum absolute atomic E-state index is 0. The molecule has 102 valence electrons. The maximum Gasteiger partial charge on any atom is 0.331 e. The van der Waals surface area contributed by atoms with Gasteiger partial charge in [0.15, 0.2) is 0 Å². The van der Waals surface area contributed by atoms with E-state index < -0.39 is 0 Å². The highest BCUT2D eigenvalue weighted by Crippen LogP contribution is 2.29. The number of rotatable bonds is 0. The number of urea groups is 1.